The van der Waals surface area contributed by atoms with E-state index in [1.54, 1.807) is 12.3 Å². The molecule has 0 aliphatic rings. The van der Waals surface area contributed by atoms with Crippen LogP contribution in [0.5, 0.6) is 0 Å². The Balaban J connectivity index is 2.41. The van der Waals surface area contributed by atoms with Gasteiger partial charge in [-0.1, -0.05) is 23.2 Å². The van der Waals surface area contributed by atoms with Crippen molar-refractivity contribution in [3.8, 4) is 10.4 Å². The molecule has 2 heterocycles. The zero-order chi connectivity index (χ0) is 9.26. The van der Waals surface area contributed by atoms with Gasteiger partial charge in [0, 0.05) is 16.6 Å². The Morgan fingerprint density at radius 2 is 1.92 bits per heavy atom. The highest BCUT2D eigenvalue weighted by molar-refractivity contribution is 7.19. The van der Waals surface area contributed by atoms with Gasteiger partial charge in [-0.3, -0.25) is 0 Å². The van der Waals surface area contributed by atoms with Gasteiger partial charge in [-0.25, -0.2) is 4.98 Å². The fourth-order valence-electron chi connectivity index (χ4n) is 0.991. The lowest BCUT2D eigenvalue weighted by molar-refractivity contribution is 1.33. The van der Waals surface area contributed by atoms with Gasteiger partial charge in [-0.05, 0) is 24.3 Å². The van der Waals surface area contributed by atoms with Crippen LogP contribution < -0.4 is 0 Å². The second-order valence-electron chi connectivity index (χ2n) is 2.47. The van der Waals surface area contributed by atoms with Crippen LogP contribution in [-0.4, -0.2) is 4.98 Å². The van der Waals surface area contributed by atoms with Crippen molar-refractivity contribution in [1.82, 2.24) is 4.98 Å². The Hall–Kier alpha value is -0.570. The minimum atomic E-state index is 0.506. The SMILES string of the molecule is Clc1ccc(-c2ccc(Cl)s2)cn1. The van der Waals surface area contributed by atoms with Crippen LogP contribution >= 0.6 is 34.5 Å². The molecule has 0 aliphatic heterocycles. The van der Waals surface area contributed by atoms with Gasteiger partial charge in [0.15, 0.2) is 0 Å². The van der Waals surface area contributed by atoms with Gasteiger partial charge in [0.25, 0.3) is 0 Å². The fraction of sp³-hybridized carbons (Fsp3) is 0. The molecule has 0 spiro atoms. The number of thiophene rings is 1. The maximum atomic E-state index is 5.81. The maximum absolute atomic E-state index is 5.81. The molecule has 0 N–H and O–H groups in total. The van der Waals surface area contributed by atoms with Gasteiger partial charge in [0.05, 0.1) is 4.34 Å². The van der Waals surface area contributed by atoms with Crippen LogP contribution in [0.15, 0.2) is 30.5 Å². The first-order valence-electron chi connectivity index (χ1n) is 3.63. The molecule has 0 bridgehead atoms. The highest BCUT2D eigenvalue weighted by atomic mass is 35.5. The number of aromatic nitrogens is 1. The molecule has 0 aromatic carbocycles. The van der Waals surface area contributed by atoms with E-state index in [1.807, 2.05) is 18.2 Å². The Labute approximate surface area is 90.0 Å². The molecule has 0 amide bonds. The molecule has 0 saturated heterocycles. The summed E-state index contributed by atoms with van der Waals surface area (Å²) in [6, 6.07) is 7.54. The van der Waals surface area contributed by atoms with Crippen molar-refractivity contribution >= 4 is 34.5 Å². The molecule has 0 unspecified atom stereocenters. The average Bonchev–Trinajstić information content (AvgIpc) is 2.53. The van der Waals surface area contributed by atoms with Crippen molar-refractivity contribution < 1.29 is 0 Å². The first-order chi connectivity index (χ1) is 6.25. The van der Waals surface area contributed by atoms with Crippen molar-refractivity contribution in [2.45, 2.75) is 0 Å². The zero-order valence-electron chi connectivity index (χ0n) is 6.50. The Bertz CT molecular complexity index is 408. The lowest BCUT2D eigenvalue weighted by Crippen LogP contribution is -1.75. The first kappa shape index (κ1) is 9.00. The third kappa shape index (κ3) is 2.02. The molecule has 0 aliphatic carbocycles. The van der Waals surface area contributed by atoms with E-state index in [-0.39, 0.29) is 0 Å². The summed E-state index contributed by atoms with van der Waals surface area (Å²) in [4.78, 5) is 5.10. The highest BCUT2D eigenvalue weighted by Crippen LogP contribution is 2.30. The smallest absolute Gasteiger partial charge is 0.129 e. The molecule has 2 aromatic rings. The number of hydrogen-bond acceptors (Lipinski definition) is 2. The number of rotatable bonds is 1. The summed E-state index contributed by atoms with van der Waals surface area (Å²) in [6.07, 6.45) is 1.74. The minimum absolute atomic E-state index is 0.506. The molecule has 2 aromatic heterocycles. The Morgan fingerprint density at radius 1 is 1.08 bits per heavy atom. The van der Waals surface area contributed by atoms with Crippen LogP contribution in [0.2, 0.25) is 9.49 Å². The molecule has 2 rings (SSSR count). The normalized spacial score (nSPS) is 10.3. The van der Waals surface area contributed by atoms with Crippen LogP contribution in [0.3, 0.4) is 0 Å². The maximum Gasteiger partial charge on any atom is 0.129 e. The minimum Gasteiger partial charge on any atom is -0.244 e. The monoisotopic (exact) mass is 229 g/mol. The van der Waals surface area contributed by atoms with Crippen molar-refractivity contribution in [2.24, 2.45) is 0 Å². The lowest BCUT2D eigenvalue weighted by Gasteiger charge is -1.95. The first-order valence-corrected chi connectivity index (χ1v) is 5.20. The molecule has 0 radical (unpaired) electrons. The largest absolute Gasteiger partial charge is 0.244 e. The van der Waals surface area contributed by atoms with Gasteiger partial charge in [-0.2, -0.15) is 0 Å². The van der Waals surface area contributed by atoms with Crippen molar-refractivity contribution in [3.05, 3.63) is 40.0 Å². The molecular weight excluding hydrogens is 225 g/mol. The number of hydrogen-bond donors (Lipinski definition) is 0. The summed E-state index contributed by atoms with van der Waals surface area (Å²) in [7, 11) is 0. The number of nitrogens with zero attached hydrogens (tertiary/aromatic N) is 1. The van der Waals surface area contributed by atoms with E-state index in [9.17, 15) is 0 Å². The number of pyridine rings is 1. The Morgan fingerprint density at radius 3 is 2.46 bits per heavy atom. The van der Waals surface area contributed by atoms with Crippen LogP contribution in [0.25, 0.3) is 10.4 Å². The van der Waals surface area contributed by atoms with Crippen LogP contribution in [0, 0.1) is 0 Å². The summed E-state index contributed by atoms with van der Waals surface area (Å²) in [5.74, 6) is 0. The third-order valence-corrected chi connectivity index (χ3v) is 3.09. The Kier molecular flexibility index (Phi) is 2.54. The van der Waals surface area contributed by atoms with Gasteiger partial charge < -0.3 is 0 Å². The highest BCUT2D eigenvalue weighted by Gasteiger charge is 2.01. The summed E-state index contributed by atoms with van der Waals surface area (Å²) in [6.45, 7) is 0. The average molecular weight is 230 g/mol. The van der Waals surface area contributed by atoms with Crippen molar-refractivity contribution in [3.63, 3.8) is 0 Å². The summed E-state index contributed by atoms with van der Waals surface area (Å²) >= 11 is 13.0. The van der Waals surface area contributed by atoms with Gasteiger partial charge in [-0.15, -0.1) is 11.3 Å². The molecular formula is C9H5Cl2NS. The predicted octanol–water partition coefficient (Wildman–Crippen LogP) is 4.12. The summed E-state index contributed by atoms with van der Waals surface area (Å²) < 4.78 is 0.782. The summed E-state index contributed by atoms with van der Waals surface area (Å²) in [5, 5.41) is 0.506. The van der Waals surface area contributed by atoms with Crippen LogP contribution in [-0.2, 0) is 0 Å². The lowest BCUT2D eigenvalue weighted by atomic mass is 10.2. The van der Waals surface area contributed by atoms with Crippen molar-refractivity contribution in [1.29, 1.82) is 0 Å². The zero-order valence-corrected chi connectivity index (χ0v) is 8.83. The second kappa shape index (κ2) is 3.66. The van der Waals surface area contributed by atoms with Crippen molar-refractivity contribution in [2.75, 3.05) is 0 Å². The fourth-order valence-corrected chi connectivity index (χ4v) is 2.14. The van der Waals surface area contributed by atoms with E-state index in [2.05, 4.69) is 4.98 Å². The van der Waals surface area contributed by atoms with Gasteiger partial charge in [0.1, 0.15) is 5.15 Å². The van der Waals surface area contributed by atoms with E-state index >= 15 is 0 Å². The van der Waals surface area contributed by atoms with Gasteiger partial charge in [0.2, 0.25) is 0 Å². The van der Waals surface area contributed by atoms with E-state index in [4.69, 9.17) is 23.2 Å². The number of halogens is 2. The van der Waals surface area contributed by atoms with E-state index in [0.29, 0.717) is 5.15 Å². The predicted molar refractivity (Wildman–Crippen MR) is 57.6 cm³/mol. The van der Waals surface area contributed by atoms with Crippen LogP contribution in [0.4, 0.5) is 0 Å². The molecule has 4 heteroatoms. The summed E-state index contributed by atoms with van der Waals surface area (Å²) in [5.41, 5.74) is 1.04. The molecule has 0 fully saturated rings. The molecule has 13 heavy (non-hydrogen) atoms. The third-order valence-electron chi connectivity index (χ3n) is 1.59. The standard InChI is InChI=1S/C9H5Cl2NS/c10-8-3-1-6(5-12-8)7-2-4-9(11)13-7/h1-5H. The molecule has 66 valence electrons. The van der Waals surface area contributed by atoms with Crippen LogP contribution in [0.1, 0.15) is 0 Å². The van der Waals surface area contributed by atoms with Gasteiger partial charge >= 0.3 is 0 Å². The molecule has 0 saturated carbocycles. The quantitative estimate of drug-likeness (QED) is 0.671. The van der Waals surface area contributed by atoms with E-state index in [0.717, 1.165) is 14.8 Å². The second-order valence-corrected chi connectivity index (χ2v) is 4.58. The molecule has 0 atom stereocenters. The molecule has 1 nitrogen and oxygen atoms in total. The van der Waals surface area contributed by atoms with E-state index < -0.39 is 0 Å². The van der Waals surface area contributed by atoms with E-state index in [1.165, 1.54) is 11.3 Å². The topological polar surface area (TPSA) is 12.9 Å².